The molecule has 0 aliphatic heterocycles. The molecule has 0 saturated heterocycles. The van der Waals surface area contributed by atoms with Gasteiger partial charge in [-0.15, -0.1) is 0 Å². The molecule has 0 aromatic heterocycles. The molecule has 2 nitrogen and oxygen atoms in total. The molecular formula is C17H20O2. The highest BCUT2D eigenvalue weighted by atomic mass is 16.5. The average Bonchev–Trinajstić information content (AvgIpc) is 2.46. The summed E-state index contributed by atoms with van der Waals surface area (Å²) >= 11 is 0. The zero-order valence-corrected chi connectivity index (χ0v) is 11.3. The SMILES string of the molecule is Cc1ccc(C(CO)CCOc2ccccc2)cc1. The second kappa shape index (κ2) is 6.95. The first-order chi connectivity index (χ1) is 9.29. The molecule has 0 spiro atoms. The van der Waals surface area contributed by atoms with Crippen molar-refractivity contribution in [3.05, 3.63) is 65.7 Å². The number of aliphatic hydroxyl groups excluding tert-OH is 1. The van der Waals surface area contributed by atoms with Crippen molar-refractivity contribution in [3.63, 3.8) is 0 Å². The molecule has 0 heterocycles. The molecule has 1 unspecified atom stereocenters. The molecule has 0 amide bonds. The van der Waals surface area contributed by atoms with E-state index in [0.717, 1.165) is 12.2 Å². The third-order valence-corrected chi connectivity index (χ3v) is 3.25. The van der Waals surface area contributed by atoms with E-state index in [-0.39, 0.29) is 12.5 Å². The Bertz CT molecular complexity index is 476. The van der Waals surface area contributed by atoms with Gasteiger partial charge in [0.1, 0.15) is 5.75 Å². The number of aliphatic hydroxyl groups is 1. The minimum Gasteiger partial charge on any atom is -0.494 e. The maximum atomic E-state index is 9.49. The van der Waals surface area contributed by atoms with Crippen LogP contribution in [0, 0.1) is 6.92 Å². The van der Waals surface area contributed by atoms with Crippen LogP contribution in [0.3, 0.4) is 0 Å². The Morgan fingerprint density at radius 2 is 1.68 bits per heavy atom. The highest BCUT2D eigenvalue weighted by Crippen LogP contribution is 2.20. The van der Waals surface area contributed by atoms with Crippen molar-refractivity contribution in [3.8, 4) is 5.75 Å². The molecule has 1 N–H and O–H groups in total. The first-order valence-corrected chi connectivity index (χ1v) is 6.65. The van der Waals surface area contributed by atoms with Crippen LogP contribution < -0.4 is 4.74 Å². The molecule has 19 heavy (non-hydrogen) atoms. The lowest BCUT2D eigenvalue weighted by Crippen LogP contribution is -2.09. The van der Waals surface area contributed by atoms with Gasteiger partial charge in [0.05, 0.1) is 13.2 Å². The van der Waals surface area contributed by atoms with Crippen molar-refractivity contribution in [2.45, 2.75) is 19.3 Å². The maximum Gasteiger partial charge on any atom is 0.119 e. The smallest absolute Gasteiger partial charge is 0.119 e. The van der Waals surface area contributed by atoms with Gasteiger partial charge in [-0.2, -0.15) is 0 Å². The molecule has 2 heteroatoms. The fourth-order valence-corrected chi connectivity index (χ4v) is 2.04. The fraction of sp³-hybridized carbons (Fsp3) is 0.294. The summed E-state index contributed by atoms with van der Waals surface area (Å²) in [7, 11) is 0. The Morgan fingerprint density at radius 3 is 2.32 bits per heavy atom. The van der Waals surface area contributed by atoms with E-state index in [1.807, 2.05) is 30.3 Å². The van der Waals surface area contributed by atoms with Gasteiger partial charge >= 0.3 is 0 Å². The van der Waals surface area contributed by atoms with Crippen LogP contribution in [-0.4, -0.2) is 18.3 Å². The minimum absolute atomic E-state index is 0.143. The molecule has 2 rings (SSSR count). The van der Waals surface area contributed by atoms with Gasteiger partial charge in [0, 0.05) is 5.92 Å². The van der Waals surface area contributed by atoms with Crippen molar-refractivity contribution in [2.75, 3.05) is 13.2 Å². The molecule has 0 bridgehead atoms. The topological polar surface area (TPSA) is 29.5 Å². The first kappa shape index (κ1) is 13.6. The fourth-order valence-electron chi connectivity index (χ4n) is 2.04. The largest absolute Gasteiger partial charge is 0.494 e. The summed E-state index contributed by atoms with van der Waals surface area (Å²) in [6.45, 7) is 2.83. The van der Waals surface area contributed by atoms with Crippen LogP contribution in [0.4, 0.5) is 0 Å². The van der Waals surface area contributed by atoms with Gasteiger partial charge in [-0.05, 0) is 31.0 Å². The zero-order valence-electron chi connectivity index (χ0n) is 11.3. The second-order valence-corrected chi connectivity index (χ2v) is 4.74. The monoisotopic (exact) mass is 256 g/mol. The van der Waals surface area contributed by atoms with Gasteiger partial charge in [-0.25, -0.2) is 0 Å². The van der Waals surface area contributed by atoms with E-state index in [4.69, 9.17) is 4.74 Å². The van der Waals surface area contributed by atoms with E-state index in [0.29, 0.717) is 6.61 Å². The number of aryl methyl sites for hydroxylation is 1. The third kappa shape index (κ3) is 4.11. The molecule has 0 fully saturated rings. The summed E-state index contributed by atoms with van der Waals surface area (Å²) < 4.78 is 5.67. The molecule has 0 aliphatic carbocycles. The summed E-state index contributed by atoms with van der Waals surface area (Å²) in [6.07, 6.45) is 0.814. The van der Waals surface area contributed by atoms with Crippen LogP contribution in [0.5, 0.6) is 5.75 Å². The lowest BCUT2D eigenvalue weighted by molar-refractivity contribution is 0.229. The summed E-state index contributed by atoms with van der Waals surface area (Å²) in [5, 5.41) is 9.49. The summed E-state index contributed by atoms with van der Waals surface area (Å²) in [5.74, 6) is 1.02. The van der Waals surface area contributed by atoms with E-state index < -0.39 is 0 Å². The normalized spacial score (nSPS) is 12.1. The van der Waals surface area contributed by atoms with E-state index in [9.17, 15) is 5.11 Å². The van der Waals surface area contributed by atoms with Gasteiger partial charge < -0.3 is 9.84 Å². The van der Waals surface area contributed by atoms with E-state index in [1.165, 1.54) is 11.1 Å². The predicted octanol–water partition coefficient (Wildman–Crippen LogP) is 3.54. The quantitative estimate of drug-likeness (QED) is 0.856. The number of hydrogen-bond acceptors (Lipinski definition) is 2. The van der Waals surface area contributed by atoms with E-state index in [1.54, 1.807) is 0 Å². The zero-order chi connectivity index (χ0) is 13.5. The third-order valence-electron chi connectivity index (χ3n) is 3.25. The molecule has 0 radical (unpaired) electrons. The lowest BCUT2D eigenvalue weighted by atomic mass is 9.96. The van der Waals surface area contributed by atoms with Gasteiger partial charge in [-0.3, -0.25) is 0 Å². The molecule has 2 aromatic rings. The van der Waals surface area contributed by atoms with Crippen molar-refractivity contribution in [1.82, 2.24) is 0 Å². The van der Waals surface area contributed by atoms with Crippen molar-refractivity contribution >= 4 is 0 Å². The summed E-state index contributed by atoms with van der Waals surface area (Å²) in [4.78, 5) is 0. The highest BCUT2D eigenvalue weighted by molar-refractivity contribution is 5.25. The standard InChI is InChI=1S/C17H20O2/c1-14-7-9-15(10-8-14)16(13-18)11-12-19-17-5-3-2-4-6-17/h2-10,16,18H,11-13H2,1H3. The second-order valence-electron chi connectivity index (χ2n) is 4.74. The predicted molar refractivity (Wildman–Crippen MR) is 77.6 cm³/mol. The summed E-state index contributed by atoms with van der Waals surface area (Å²) in [5.41, 5.74) is 2.41. The number of benzene rings is 2. The Morgan fingerprint density at radius 1 is 1.00 bits per heavy atom. The summed E-state index contributed by atoms with van der Waals surface area (Å²) in [6, 6.07) is 18.1. The van der Waals surface area contributed by atoms with Crippen LogP contribution in [-0.2, 0) is 0 Å². The average molecular weight is 256 g/mol. The maximum absolute atomic E-state index is 9.49. The van der Waals surface area contributed by atoms with Crippen LogP contribution in [0.15, 0.2) is 54.6 Å². The van der Waals surface area contributed by atoms with Crippen LogP contribution in [0.2, 0.25) is 0 Å². The van der Waals surface area contributed by atoms with Crippen molar-refractivity contribution < 1.29 is 9.84 Å². The Balaban J connectivity index is 1.87. The first-order valence-electron chi connectivity index (χ1n) is 6.65. The van der Waals surface area contributed by atoms with Gasteiger partial charge in [0.25, 0.3) is 0 Å². The number of hydrogen-bond donors (Lipinski definition) is 1. The Hall–Kier alpha value is -1.80. The lowest BCUT2D eigenvalue weighted by Gasteiger charge is -2.15. The van der Waals surface area contributed by atoms with Gasteiger partial charge in [0.15, 0.2) is 0 Å². The van der Waals surface area contributed by atoms with Crippen molar-refractivity contribution in [2.24, 2.45) is 0 Å². The molecule has 0 saturated carbocycles. The molecule has 100 valence electrons. The number of para-hydroxylation sites is 1. The van der Waals surface area contributed by atoms with E-state index in [2.05, 4.69) is 31.2 Å². The molecule has 2 aromatic carbocycles. The van der Waals surface area contributed by atoms with Crippen LogP contribution in [0.25, 0.3) is 0 Å². The molecule has 1 atom stereocenters. The number of ether oxygens (including phenoxy) is 1. The van der Waals surface area contributed by atoms with Crippen LogP contribution >= 0.6 is 0 Å². The Labute approximate surface area is 114 Å². The van der Waals surface area contributed by atoms with Crippen LogP contribution in [0.1, 0.15) is 23.5 Å². The Kier molecular flexibility index (Phi) is 4.99. The molecular weight excluding hydrogens is 236 g/mol. The van der Waals surface area contributed by atoms with E-state index >= 15 is 0 Å². The van der Waals surface area contributed by atoms with Gasteiger partial charge in [0.2, 0.25) is 0 Å². The highest BCUT2D eigenvalue weighted by Gasteiger charge is 2.10. The van der Waals surface area contributed by atoms with Crippen molar-refractivity contribution in [1.29, 1.82) is 0 Å². The number of rotatable bonds is 6. The molecule has 0 aliphatic rings. The van der Waals surface area contributed by atoms with Gasteiger partial charge in [-0.1, -0.05) is 48.0 Å². The minimum atomic E-state index is 0.143.